The van der Waals surface area contributed by atoms with Gasteiger partial charge in [-0.15, -0.1) is 0 Å². The Morgan fingerprint density at radius 1 is 0.933 bits per heavy atom. The lowest BCUT2D eigenvalue weighted by molar-refractivity contribution is 0.137. The summed E-state index contributed by atoms with van der Waals surface area (Å²) in [5, 5.41) is 12.0. The number of benzene rings is 1. The Morgan fingerprint density at radius 2 is 1.40 bits per heavy atom. The molecule has 0 aromatic heterocycles. The molecule has 2 nitrogen and oxygen atoms in total. The number of piperidine rings is 1. The molecule has 0 radical (unpaired) electrons. The average molecular weight is 205 g/mol. The minimum absolute atomic E-state index is 0.0266. The molecule has 0 unspecified atom stereocenters. The van der Waals surface area contributed by atoms with Crippen LogP contribution in [0.1, 0.15) is 24.0 Å². The Hall–Kier alpha value is -0.860. The zero-order valence-electron chi connectivity index (χ0n) is 9.08. The molecule has 15 heavy (non-hydrogen) atoms. The Kier molecular flexibility index (Phi) is 3.75. The van der Waals surface area contributed by atoms with E-state index < -0.39 is 0 Å². The Morgan fingerprint density at radius 3 is 1.60 bits per heavy atom. The number of hydrogen-bond acceptors (Lipinski definition) is 2. The highest BCUT2D eigenvalue weighted by molar-refractivity contribution is 5.28. The monoisotopic (exact) mass is 205 g/mol. The van der Waals surface area contributed by atoms with E-state index in [-0.39, 0.29) is 6.10 Å². The average Bonchev–Trinajstić information content (AvgIpc) is 2.33. The van der Waals surface area contributed by atoms with Crippen LogP contribution < -0.4 is 5.32 Å². The first-order chi connectivity index (χ1) is 7.34. The van der Waals surface area contributed by atoms with Gasteiger partial charge in [-0.05, 0) is 49.9 Å². The highest BCUT2D eigenvalue weighted by Gasteiger charge is 2.06. The van der Waals surface area contributed by atoms with Crippen LogP contribution in [0.3, 0.4) is 0 Å². The predicted octanol–water partition coefficient (Wildman–Crippen LogP) is 1.52. The van der Waals surface area contributed by atoms with Gasteiger partial charge in [0.1, 0.15) is 0 Å². The molecule has 1 fully saturated rings. The van der Waals surface area contributed by atoms with E-state index in [2.05, 4.69) is 29.6 Å². The van der Waals surface area contributed by atoms with Crippen LogP contribution in [-0.2, 0) is 12.8 Å². The molecular formula is C13H19NO. The highest BCUT2D eigenvalue weighted by Crippen LogP contribution is 2.14. The maximum Gasteiger partial charge on any atom is 0.0564 e. The van der Waals surface area contributed by atoms with Crippen LogP contribution in [0, 0.1) is 0 Å². The quantitative estimate of drug-likeness (QED) is 0.673. The van der Waals surface area contributed by atoms with Crippen LogP contribution in [0.5, 0.6) is 0 Å². The minimum atomic E-state index is -0.0266. The third kappa shape index (κ3) is 3.33. The van der Waals surface area contributed by atoms with E-state index in [0.717, 1.165) is 25.9 Å². The normalized spacial score (nSPS) is 19.5. The lowest BCUT2D eigenvalue weighted by atomic mass is 9.97. The first-order valence-corrected chi connectivity index (χ1v) is 5.81. The topological polar surface area (TPSA) is 32.3 Å². The van der Waals surface area contributed by atoms with Crippen molar-refractivity contribution in [3.63, 3.8) is 0 Å². The van der Waals surface area contributed by atoms with Crippen molar-refractivity contribution in [3.05, 3.63) is 35.4 Å². The Bertz CT molecular complexity index is 265. The second kappa shape index (κ2) is 5.29. The first-order valence-electron chi connectivity index (χ1n) is 5.81. The molecule has 4 rings (SSSR count). The summed E-state index contributed by atoms with van der Waals surface area (Å²) in [5.41, 5.74) is 2.97. The summed E-state index contributed by atoms with van der Waals surface area (Å²) in [4.78, 5) is 0. The molecule has 0 atom stereocenters. The standard InChI is InChI=1S/C8H8.C5H11NO/c1-2-8-5-3-7(1)4-6-8;7-5-1-3-6-4-2-5/h1-3,5H,4,6H2;5-7H,1-4H2. The molecule has 0 saturated carbocycles. The largest absolute Gasteiger partial charge is 0.393 e. The van der Waals surface area contributed by atoms with Gasteiger partial charge >= 0.3 is 0 Å². The zero-order valence-corrected chi connectivity index (χ0v) is 9.08. The molecule has 2 aliphatic carbocycles. The summed E-state index contributed by atoms with van der Waals surface area (Å²) in [6.07, 6.45) is 4.37. The molecule has 82 valence electrons. The van der Waals surface area contributed by atoms with Crippen LogP contribution in [0.2, 0.25) is 0 Å². The third-order valence-electron chi connectivity index (χ3n) is 3.03. The molecule has 1 heterocycles. The van der Waals surface area contributed by atoms with Gasteiger partial charge in [0.2, 0.25) is 0 Å². The molecule has 0 spiro atoms. The van der Waals surface area contributed by atoms with Gasteiger partial charge < -0.3 is 10.4 Å². The summed E-state index contributed by atoms with van der Waals surface area (Å²) >= 11 is 0. The van der Waals surface area contributed by atoms with Gasteiger partial charge in [0, 0.05) is 0 Å². The Labute approximate surface area is 91.3 Å². The van der Waals surface area contributed by atoms with E-state index >= 15 is 0 Å². The van der Waals surface area contributed by atoms with E-state index in [9.17, 15) is 0 Å². The van der Waals surface area contributed by atoms with Crippen LogP contribution in [0.15, 0.2) is 24.3 Å². The summed E-state index contributed by atoms with van der Waals surface area (Å²) in [6, 6.07) is 8.83. The number of aryl methyl sites for hydroxylation is 2. The van der Waals surface area contributed by atoms with Gasteiger partial charge in [-0.1, -0.05) is 24.3 Å². The SMILES string of the molecule is OC1CCNCC1.c1cc2ccc1CC2. The maximum atomic E-state index is 8.87. The molecule has 1 aromatic carbocycles. The van der Waals surface area contributed by atoms with Gasteiger partial charge in [0.05, 0.1) is 6.10 Å². The number of aliphatic hydroxyl groups is 1. The number of nitrogens with one attached hydrogen (secondary N) is 1. The van der Waals surface area contributed by atoms with Crippen molar-refractivity contribution in [2.45, 2.75) is 31.8 Å². The van der Waals surface area contributed by atoms with Crippen LogP contribution in [0.4, 0.5) is 0 Å². The van der Waals surface area contributed by atoms with Crippen LogP contribution in [0.25, 0.3) is 0 Å². The number of aliphatic hydroxyl groups excluding tert-OH is 1. The molecule has 2 heteroatoms. The number of hydrogen-bond donors (Lipinski definition) is 2. The molecule has 1 aliphatic heterocycles. The first kappa shape index (κ1) is 10.7. The van der Waals surface area contributed by atoms with E-state index in [4.69, 9.17) is 5.11 Å². The lowest BCUT2D eigenvalue weighted by Gasteiger charge is -2.16. The van der Waals surface area contributed by atoms with Crippen molar-refractivity contribution in [1.29, 1.82) is 0 Å². The van der Waals surface area contributed by atoms with E-state index in [1.165, 1.54) is 24.0 Å². The van der Waals surface area contributed by atoms with Crippen molar-refractivity contribution in [1.82, 2.24) is 5.32 Å². The van der Waals surface area contributed by atoms with Gasteiger partial charge in [-0.3, -0.25) is 0 Å². The van der Waals surface area contributed by atoms with Crippen molar-refractivity contribution >= 4 is 0 Å². The van der Waals surface area contributed by atoms with Crippen LogP contribution in [-0.4, -0.2) is 24.3 Å². The predicted molar refractivity (Wildman–Crippen MR) is 62.0 cm³/mol. The second-order valence-electron chi connectivity index (χ2n) is 4.30. The third-order valence-corrected chi connectivity index (χ3v) is 3.03. The maximum absolute atomic E-state index is 8.87. The van der Waals surface area contributed by atoms with Gasteiger partial charge in [0.15, 0.2) is 0 Å². The molecule has 0 amide bonds. The summed E-state index contributed by atoms with van der Waals surface area (Å²) in [5.74, 6) is 0. The van der Waals surface area contributed by atoms with E-state index in [1.54, 1.807) is 0 Å². The molecular weight excluding hydrogens is 186 g/mol. The zero-order chi connectivity index (χ0) is 10.5. The lowest BCUT2D eigenvalue weighted by Crippen LogP contribution is -2.30. The Balaban J connectivity index is 0.000000115. The fraction of sp³-hybridized carbons (Fsp3) is 0.538. The number of fused-ring (bicyclic) bond motifs is 3. The van der Waals surface area contributed by atoms with Crippen LogP contribution >= 0.6 is 0 Å². The fourth-order valence-corrected chi connectivity index (χ4v) is 1.97. The molecule has 2 N–H and O–H groups in total. The van der Waals surface area contributed by atoms with Gasteiger partial charge in [-0.25, -0.2) is 0 Å². The summed E-state index contributed by atoms with van der Waals surface area (Å²) in [7, 11) is 0. The number of rotatable bonds is 0. The van der Waals surface area contributed by atoms with Crippen molar-refractivity contribution < 1.29 is 5.11 Å². The van der Waals surface area contributed by atoms with Gasteiger partial charge in [-0.2, -0.15) is 0 Å². The van der Waals surface area contributed by atoms with E-state index in [0.29, 0.717) is 0 Å². The van der Waals surface area contributed by atoms with E-state index in [1.807, 2.05) is 0 Å². The van der Waals surface area contributed by atoms with Gasteiger partial charge in [0.25, 0.3) is 0 Å². The smallest absolute Gasteiger partial charge is 0.0564 e. The summed E-state index contributed by atoms with van der Waals surface area (Å²) < 4.78 is 0. The highest BCUT2D eigenvalue weighted by atomic mass is 16.3. The van der Waals surface area contributed by atoms with Crippen molar-refractivity contribution in [2.75, 3.05) is 13.1 Å². The fourth-order valence-electron chi connectivity index (χ4n) is 1.97. The minimum Gasteiger partial charge on any atom is -0.393 e. The molecule has 1 saturated heterocycles. The molecule has 2 bridgehead atoms. The van der Waals surface area contributed by atoms with Crippen molar-refractivity contribution in [2.24, 2.45) is 0 Å². The van der Waals surface area contributed by atoms with Crippen molar-refractivity contribution in [3.8, 4) is 0 Å². The molecule has 1 aromatic rings. The summed E-state index contributed by atoms with van der Waals surface area (Å²) in [6.45, 7) is 1.97. The second-order valence-corrected chi connectivity index (χ2v) is 4.30. The molecule has 3 aliphatic rings.